The number of nitrogens with one attached hydrogen (secondary N) is 1. The van der Waals surface area contributed by atoms with Crippen molar-refractivity contribution >= 4 is 11.8 Å². The second-order valence-corrected chi connectivity index (χ2v) is 7.97. The number of carbonyl (C=O) groups is 2. The van der Waals surface area contributed by atoms with Crippen LogP contribution in [0.25, 0.3) is 0 Å². The lowest BCUT2D eigenvalue weighted by molar-refractivity contribution is -0.118. The first-order valence-electron chi connectivity index (χ1n) is 10.3. The first-order valence-corrected chi connectivity index (χ1v) is 10.3. The maximum Gasteiger partial charge on any atom is 0.257 e. The summed E-state index contributed by atoms with van der Waals surface area (Å²) in [7, 11) is 3.16. The zero-order chi connectivity index (χ0) is 21.3. The van der Waals surface area contributed by atoms with Gasteiger partial charge in [0.1, 0.15) is 11.5 Å². The van der Waals surface area contributed by atoms with Gasteiger partial charge in [-0.25, -0.2) is 0 Å². The Balaban J connectivity index is 1.51. The molecule has 1 aromatic heterocycles. The third-order valence-electron chi connectivity index (χ3n) is 6.09. The van der Waals surface area contributed by atoms with E-state index in [4.69, 9.17) is 14.6 Å². The third-order valence-corrected chi connectivity index (χ3v) is 6.09. The molecule has 1 aliphatic heterocycles. The first kappa shape index (κ1) is 20.3. The van der Waals surface area contributed by atoms with Crippen LogP contribution in [-0.2, 0) is 17.8 Å². The van der Waals surface area contributed by atoms with Crippen molar-refractivity contribution in [2.45, 2.75) is 32.2 Å². The number of methoxy groups -OCH3 is 2. The number of aryl methyl sites for hydroxylation is 1. The van der Waals surface area contributed by atoms with Crippen molar-refractivity contribution in [1.82, 2.24) is 20.0 Å². The predicted molar refractivity (Wildman–Crippen MR) is 111 cm³/mol. The summed E-state index contributed by atoms with van der Waals surface area (Å²) in [6.45, 7) is 4.10. The molecule has 0 bridgehead atoms. The van der Waals surface area contributed by atoms with E-state index in [9.17, 15) is 9.59 Å². The van der Waals surface area contributed by atoms with Crippen LogP contribution in [0.2, 0.25) is 0 Å². The molecule has 1 aliphatic carbocycles. The topological polar surface area (TPSA) is 85.7 Å². The van der Waals surface area contributed by atoms with Crippen LogP contribution in [0.15, 0.2) is 24.4 Å². The molecule has 2 amide bonds. The fourth-order valence-electron chi connectivity index (χ4n) is 4.58. The van der Waals surface area contributed by atoms with Gasteiger partial charge in [-0.3, -0.25) is 14.3 Å². The Labute approximate surface area is 176 Å². The summed E-state index contributed by atoms with van der Waals surface area (Å²) in [4.78, 5) is 26.3. The monoisotopic (exact) mass is 412 g/mol. The summed E-state index contributed by atoms with van der Waals surface area (Å²) < 4.78 is 12.6. The number of fused-ring (bicyclic) bond motifs is 3. The van der Waals surface area contributed by atoms with E-state index in [1.165, 1.54) is 12.5 Å². The van der Waals surface area contributed by atoms with E-state index in [0.717, 1.165) is 25.1 Å². The molecular formula is C22H28N4O4. The van der Waals surface area contributed by atoms with Gasteiger partial charge < -0.3 is 19.7 Å². The summed E-state index contributed by atoms with van der Waals surface area (Å²) in [5.41, 5.74) is 2.88. The molecular weight excluding hydrogens is 384 g/mol. The molecule has 1 fully saturated rings. The Hall–Kier alpha value is -3.03. The first-order chi connectivity index (χ1) is 14.5. The van der Waals surface area contributed by atoms with E-state index in [1.54, 1.807) is 32.4 Å². The van der Waals surface area contributed by atoms with Crippen LogP contribution in [-0.4, -0.2) is 60.3 Å². The molecule has 2 aliphatic rings. The van der Waals surface area contributed by atoms with Gasteiger partial charge in [-0.1, -0.05) is 0 Å². The van der Waals surface area contributed by atoms with Gasteiger partial charge in [0.25, 0.3) is 5.91 Å². The Kier molecular flexibility index (Phi) is 5.65. The maximum absolute atomic E-state index is 13.3. The lowest BCUT2D eigenvalue weighted by atomic mass is 9.81. The molecule has 8 heteroatoms. The molecule has 0 unspecified atom stereocenters. The number of hydrogen-bond donors (Lipinski definition) is 1. The van der Waals surface area contributed by atoms with E-state index in [-0.39, 0.29) is 17.7 Å². The van der Waals surface area contributed by atoms with Gasteiger partial charge in [0.2, 0.25) is 5.91 Å². The normalized spacial score (nSPS) is 19.8. The molecule has 160 valence electrons. The van der Waals surface area contributed by atoms with E-state index in [2.05, 4.69) is 11.5 Å². The number of carbonyl (C=O) groups excluding carboxylic acids is 2. The highest BCUT2D eigenvalue weighted by molar-refractivity contribution is 5.97. The molecule has 4 rings (SSSR count). The summed E-state index contributed by atoms with van der Waals surface area (Å²) in [5.74, 6) is 1.78. The molecule has 30 heavy (non-hydrogen) atoms. The van der Waals surface area contributed by atoms with Crippen molar-refractivity contribution in [3.8, 4) is 11.5 Å². The van der Waals surface area contributed by atoms with Crippen molar-refractivity contribution in [2.75, 3.05) is 33.9 Å². The van der Waals surface area contributed by atoms with E-state index in [1.807, 2.05) is 9.58 Å². The van der Waals surface area contributed by atoms with Gasteiger partial charge in [0.05, 0.1) is 32.0 Å². The maximum atomic E-state index is 13.3. The van der Waals surface area contributed by atoms with Crippen molar-refractivity contribution in [3.05, 3.63) is 41.2 Å². The summed E-state index contributed by atoms with van der Waals surface area (Å²) >= 11 is 0. The average Bonchev–Trinajstić information content (AvgIpc) is 3.36. The Morgan fingerprint density at radius 1 is 1.23 bits per heavy atom. The molecule has 2 aromatic rings. The molecule has 0 radical (unpaired) electrons. The van der Waals surface area contributed by atoms with Crippen molar-refractivity contribution < 1.29 is 19.1 Å². The highest BCUT2D eigenvalue weighted by atomic mass is 16.5. The van der Waals surface area contributed by atoms with Gasteiger partial charge in [-0.15, -0.1) is 0 Å². The highest BCUT2D eigenvalue weighted by Gasteiger charge is 2.41. The van der Waals surface area contributed by atoms with Crippen molar-refractivity contribution in [1.29, 1.82) is 0 Å². The number of hydrogen-bond acceptors (Lipinski definition) is 5. The molecule has 1 aromatic carbocycles. The SMILES string of the molecule is COc1ccc(OC)c(C(=O)N2C[C@H]3CCc4cn(CCNC(C)=O)nc4[C@H]3C2)c1. The fourth-order valence-corrected chi connectivity index (χ4v) is 4.58. The zero-order valence-electron chi connectivity index (χ0n) is 17.7. The predicted octanol–water partition coefficient (Wildman–Crippen LogP) is 1.84. The van der Waals surface area contributed by atoms with Crippen LogP contribution >= 0.6 is 0 Å². The summed E-state index contributed by atoms with van der Waals surface area (Å²) in [5, 5.41) is 7.61. The minimum Gasteiger partial charge on any atom is -0.497 e. The molecule has 8 nitrogen and oxygen atoms in total. The van der Waals surface area contributed by atoms with Crippen LogP contribution in [0.1, 0.15) is 40.9 Å². The smallest absolute Gasteiger partial charge is 0.257 e. The van der Waals surface area contributed by atoms with Crippen molar-refractivity contribution in [2.24, 2.45) is 5.92 Å². The Bertz CT molecular complexity index is 955. The van der Waals surface area contributed by atoms with Gasteiger partial charge in [-0.05, 0) is 42.5 Å². The molecule has 2 heterocycles. The summed E-state index contributed by atoms with van der Waals surface area (Å²) in [6.07, 6.45) is 4.11. The minimum atomic E-state index is -0.0371. The lowest BCUT2D eigenvalue weighted by Gasteiger charge is -2.22. The number of nitrogens with zero attached hydrogens (tertiary/aromatic N) is 3. The Morgan fingerprint density at radius 2 is 2.07 bits per heavy atom. The van der Waals surface area contributed by atoms with Crippen LogP contribution in [0, 0.1) is 5.92 Å². The molecule has 0 saturated carbocycles. The van der Waals surface area contributed by atoms with Crippen LogP contribution in [0.3, 0.4) is 0 Å². The minimum absolute atomic E-state index is 0.0354. The Morgan fingerprint density at radius 3 is 2.80 bits per heavy atom. The quantitative estimate of drug-likeness (QED) is 0.783. The van der Waals surface area contributed by atoms with Crippen LogP contribution in [0.5, 0.6) is 11.5 Å². The van der Waals surface area contributed by atoms with Gasteiger partial charge in [0.15, 0.2) is 0 Å². The second-order valence-electron chi connectivity index (χ2n) is 7.97. The summed E-state index contributed by atoms with van der Waals surface area (Å²) in [6, 6.07) is 5.30. The highest BCUT2D eigenvalue weighted by Crippen LogP contribution is 2.41. The van der Waals surface area contributed by atoms with Crippen LogP contribution < -0.4 is 14.8 Å². The average molecular weight is 412 g/mol. The van der Waals surface area contributed by atoms with Gasteiger partial charge in [0, 0.05) is 38.7 Å². The molecule has 1 N–H and O–H groups in total. The third kappa shape index (κ3) is 3.86. The van der Waals surface area contributed by atoms with Crippen molar-refractivity contribution in [3.63, 3.8) is 0 Å². The second kappa shape index (κ2) is 8.38. The zero-order valence-corrected chi connectivity index (χ0v) is 17.7. The number of likely N-dealkylation sites (tertiary alicyclic amines) is 1. The number of benzene rings is 1. The molecule has 1 saturated heterocycles. The van der Waals surface area contributed by atoms with Crippen LogP contribution in [0.4, 0.5) is 0 Å². The number of rotatable bonds is 6. The number of aromatic nitrogens is 2. The number of ether oxygens (including phenoxy) is 2. The van der Waals surface area contributed by atoms with E-state index < -0.39 is 0 Å². The van der Waals surface area contributed by atoms with Gasteiger partial charge in [-0.2, -0.15) is 5.10 Å². The van der Waals surface area contributed by atoms with E-state index >= 15 is 0 Å². The van der Waals surface area contributed by atoms with Gasteiger partial charge >= 0.3 is 0 Å². The largest absolute Gasteiger partial charge is 0.497 e. The van der Waals surface area contributed by atoms with E-state index in [0.29, 0.717) is 42.6 Å². The molecule has 2 atom stereocenters. The fraction of sp³-hybridized carbons (Fsp3) is 0.500. The number of amides is 2. The molecule has 0 spiro atoms. The standard InChI is InChI=1S/C22H28N4O4/c1-14(27)23-8-9-26-12-16-5-4-15-11-25(13-19(15)21(16)24-26)22(28)18-10-17(29-2)6-7-20(18)30-3/h6-7,10,12,15,19H,4-5,8-9,11,13H2,1-3H3,(H,23,27)/t15-,19+/m1/s1. The lowest BCUT2D eigenvalue weighted by Crippen LogP contribution is -2.29.